The van der Waals surface area contributed by atoms with E-state index in [1.165, 1.54) is 31.2 Å². The maximum absolute atomic E-state index is 5.42. The molecule has 1 aromatic carbocycles. The van der Waals surface area contributed by atoms with Crippen LogP contribution in [0, 0.1) is 0 Å². The van der Waals surface area contributed by atoms with Gasteiger partial charge in [0.05, 0.1) is 13.7 Å². The lowest BCUT2D eigenvalue weighted by Crippen LogP contribution is -2.48. The minimum absolute atomic E-state index is 0. The summed E-state index contributed by atoms with van der Waals surface area (Å²) in [5, 5.41) is 6.89. The first-order valence-corrected chi connectivity index (χ1v) is 8.74. The lowest BCUT2D eigenvalue weighted by molar-refractivity contribution is 0.179. The Balaban J connectivity index is 0.00000312. The van der Waals surface area contributed by atoms with E-state index in [4.69, 9.17) is 9.47 Å². The van der Waals surface area contributed by atoms with Crippen LogP contribution in [-0.2, 0) is 10.2 Å². The molecule has 1 unspecified atom stereocenters. The fraction of sp³-hybridized carbons (Fsp3) is 0.632. The van der Waals surface area contributed by atoms with Crippen molar-refractivity contribution in [3.05, 3.63) is 29.8 Å². The molecule has 6 heteroatoms. The molecule has 2 rings (SSSR count). The van der Waals surface area contributed by atoms with E-state index >= 15 is 0 Å². The summed E-state index contributed by atoms with van der Waals surface area (Å²) in [7, 11) is 5.24. The molecular weight excluding hydrogens is 429 g/mol. The average Bonchev–Trinajstić information content (AvgIpc) is 3.09. The second kappa shape index (κ2) is 10.9. The monoisotopic (exact) mass is 461 g/mol. The number of guanidine groups is 1. The van der Waals surface area contributed by atoms with Gasteiger partial charge in [0, 0.05) is 32.2 Å². The summed E-state index contributed by atoms with van der Waals surface area (Å²) in [5.74, 6) is 1.75. The molecule has 1 aliphatic rings. The van der Waals surface area contributed by atoms with E-state index in [2.05, 4.69) is 40.7 Å². The van der Waals surface area contributed by atoms with Gasteiger partial charge in [-0.2, -0.15) is 0 Å². The molecule has 2 N–H and O–H groups in total. The van der Waals surface area contributed by atoms with E-state index in [0.717, 1.165) is 18.3 Å². The number of methoxy groups -OCH3 is 2. The molecule has 1 fully saturated rings. The summed E-state index contributed by atoms with van der Waals surface area (Å²) in [6, 6.07) is 8.71. The van der Waals surface area contributed by atoms with E-state index in [9.17, 15) is 0 Å². The number of hydrogen-bond donors (Lipinski definition) is 2. The zero-order valence-electron chi connectivity index (χ0n) is 15.8. The van der Waals surface area contributed by atoms with Crippen molar-refractivity contribution in [1.29, 1.82) is 0 Å². The number of nitrogens with zero attached hydrogens (tertiary/aromatic N) is 1. The van der Waals surface area contributed by atoms with Gasteiger partial charge in [-0.05, 0) is 37.5 Å². The SMILES string of the molecule is CN=C(NCC1(c2cccc(OC)c2)CCCC1)NC(C)COC.I. The molecular formula is C19H32IN3O2. The van der Waals surface area contributed by atoms with Gasteiger partial charge in [-0.1, -0.05) is 25.0 Å². The van der Waals surface area contributed by atoms with Gasteiger partial charge in [0.15, 0.2) is 5.96 Å². The number of ether oxygens (including phenoxy) is 2. The van der Waals surface area contributed by atoms with Gasteiger partial charge in [-0.25, -0.2) is 0 Å². The van der Waals surface area contributed by atoms with Crippen LogP contribution in [0.1, 0.15) is 38.2 Å². The summed E-state index contributed by atoms with van der Waals surface area (Å²) >= 11 is 0. The molecule has 0 saturated heterocycles. The predicted molar refractivity (Wildman–Crippen MR) is 114 cm³/mol. The highest BCUT2D eigenvalue weighted by atomic mass is 127. The Bertz CT molecular complexity index is 545. The highest BCUT2D eigenvalue weighted by Crippen LogP contribution is 2.41. The second-order valence-corrected chi connectivity index (χ2v) is 6.65. The third-order valence-corrected chi connectivity index (χ3v) is 4.86. The quantitative estimate of drug-likeness (QED) is 0.372. The van der Waals surface area contributed by atoms with E-state index in [0.29, 0.717) is 6.61 Å². The molecule has 0 aliphatic heterocycles. The first-order chi connectivity index (χ1) is 11.6. The molecule has 5 nitrogen and oxygen atoms in total. The number of nitrogens with one attached hydrogen (secondary N) is 2. The van der Waals surface area contributed by atoms with Gasteiger partial charge in [-0.3, -0.25) is 4.99 Å². The fourth-order valence-electron chi connectivity index (χ4n) is 3.54. The van der Waals surface area contributed by atoms with Crippen LogP contribution in [0.5, 0.6) is 5.75 Å². The Morgan fingerprint density at radius 3 is 2.60 bits per heavy atom. The average molecular weight is 461 g/mol. The number of hydrogen-bond acceptors (Lipinski definition) is 3. The first-order valence-electron chi connectivity index (χ1n) is 8.74. The van der Waals surface area contributed by atoms with Crippen molar-refractivity contribution in [3.63, 3.8) is 0 Å². The summed E-state index contributed by atoms with van der Waals surface area (Å²) in [4.78, 5) is 4.34. The minimum Gasteiger partial charge on any atom is -0.497 e. The van der Waals surface area contributed by atoms with Crippen molar-refractivity contribution < 1.29 is 9.47 Å². The fourth-order valence-corrected chi connectivity index (χ4v) is 3.54. The van der Waals surface area contributed by atoms with Gasteiger partial charge in [0.25, 0.3) is 0 Å². The maximum atomic E-state index is 5.42. The lowest BCUT2D eigenvalue weighted by atomic mass is 9.78. The van der Waals surface area contributed by atoms with Crippen molar-refractivity contribution in [2.24, 2.45) is 4.99 Å². The largest absolute Gasteiger partial charge is 0.497 e. The molecule has 0 spiro atoms. The smallest absolute Gasteiger partial charge is 0.191 e. The Kier molecular flexibility index (Phi) is 9.56. The van der Waals surface area contributed by atoms with Gasteiger partial charge < -0.3 is 20.1 Å². The summed E-state index contributed by atoms with van der Waals surface area (Å²) in [6.45, 7) is 3.62. The summed E-state index contributed by atoms with van der Waals surface area (Å²) in [5.41, 5.74) is 1.50. The third kappa shape index (κ3) is 6.02. The molecule has 1 aromatic rings. The van der Waals surface area contributed by atoms with Crippen molar-refractivity contribution in [3.8, 4) is 5.75 Å². The van der Waals surface area contributed by atoms with Crippen molar-refractivity contribution in [2.45, 2.75) is 44.1 Å². The van der Waals surface area contributed by atoms with Crippen LogP contribution < -0.4 is 15.4 Å². The standard InChI is InChI=1S/C19H31N3O2.HI/c1-15(13-23-3)22-18(20-2)21-14-19(10-5-6-11-19)16-8-7-9-17(12-16)24-4;/h7-9,12,15H,5-6,10-11,13-14H2,1-4H3,(H2,20,21,22);1H. The normalized spacial score (nSPS) is 17.5. The molecule has 1 aliphatic carbocycles. The molecule has 25 heavy (non-hydrogen) atoms. The number of halogens is 1. The van der Waals surface area contributed by atoms with Crippen LogP contribution in [0.2, 0.25) is 0 Å². The van der Waals surface area contributed by atoms with Gasteiger partial charge in [-0.15, -0.1) is 24.0 Å². The maximum Gasteiger partial charge on any atom is 0.191 e. The van der Waals surface area contributed by atoms with Crippen LogP contribution in [0.25, 0.3) is 0 Å². The summed E-state index contributed by atoms with van der Waals surface area (Å²) in [6.07, 6.45) is 4.92. The summed E-state index contributed by atoms with van der Waals surface area (Å²) < 4.78 is 10.6. The van der Waals surface area contributed by atoms with Crippen LogP contribution in [0.3, 0.4) is 0 Å². The van der Waals surface area contributed by atoms with Crippen LogP contribution in [0.4, 0.5) is 0 Å². The van der Waals surface area contributed by atoms with Crippen molar-refractivity contribution in [1.82, 2.24) is 10.6 Å². The predicted octanol–water partition coefficient (Wildman–Crippen LogP) is 3.32. The van der Waals surface area contributed by atoms with E-state index in [1.807, 2.05) is 13.1 Å². The van der Waals surface area contributed by atoms with E-state index < -0.39 is 0 Å². The van der Waals surface area contributed by atoms with Crippen LogP contribution in [0.15, 0.2) is 29.3 Å². The Morgan fingerprint density at radius 2 is 2.00 bits per heavy atom. The Hall–Kier alpha value is -1.02. The molecule has 0 amide bonds. The van der Waals surface area contributed by atoms with E-state index in [-0.39, 0.29) is 35.4 Å². The number of aliphatic imine (C=N–C) groups is 1. The highest BCUT2D eigenvalue weighted by Gasteiger charge is 2.36. The van der Waals surface area contributed by atoms with Crippen LogP contribution in [-0.4, -0.2) is 46.4 Å². The highest BCUT2D eigenvalue weighted by molar-refractivity contribution is 14.0. The molecule has 0 aromatic heterocycles. The third-order valence-electron chi connectivity index (χ3n) is 4.86. The van der Waals surface area contributed by atoms with Gasteiger partial charge >= 0.3 is 0 Å². The molecule has 1 atom stereocenters. The topological polar surface area (TPSA) is 54.9 Å². The first kappa shape index (κ1) is 22.0. The Morgan fingerprint density at radius 1 is 1.28 bits per heavy atom. The minimum atomic E-state index is 0. The molecule has 0 radical (unpaired) electrons. The van der Waals surface area contributed by atoms with Crippen molar-refractivity contribution in [2.75, 3.05) is 34.4 Å². The molecule has 1 saturated carbocycles. The van der Waals surface area contributed by atoms with Gasteiger partial charge in [0.2, 0.25) is 0 Å². The Labute approximate surface area is 169 Å². The molecule has 0 heterocycles. The second-order valence-electron chi connectivity index (χ2n) is 6.65. The molecule has 0 bridgehead atoms. The van der Waals surface area contributed by atoms with E-state index in [1.54, 1.807) is 14.2 Å². The lowest BCUT2D eigenvalue weighted by Gasteiger charge is -2.31. The molecule has 142 valence electrons. The van der Waals surface area contributed by atoms with Crippen molar-refractivity contribution >= 4 is 29.9 Å². The zero-order chi connectivity index (χ0) is 17.4. The zero-order valence-corrected chi connectivity index (χ0v) is 18.1. The van der Waals surface area contributed by atoms with Crippen LogP contribution >= 0.6 is 24.0 Å². The number of benzene rings is 1. The van der Waals surface area contributed by atoms with Gasteiger partial charge in [0.1, 0.15) is 5.75 Å². The number of rotatable bonds is 7.